The number of benzene rings is 2. The molecule has 8 heteroatoms. The maximum absolute atomic E-state index is 12.9. The third kappa shape index (κ3) is 5.03. The van der Waals surface area contributed by atoms with E-state index in [4.69, 9.17) is 25.5 Å². The molecular formula is C25H24ClNO6. The summed E-state index contributed by atoms with van der Waals surface area (Å²) in [5.74, 6) is -0.570. The van der Waals surface area contributed by atoms with Crippen molar-refractivity contribution in [2.24, 2.45) is 0 Å². The van der Waals surface area contributed by atoms with Gasteiger partial charge in [0, 0.05) is 24.1 Å². The van der Waals surface area contributed by atoms with E-state index in [1.807, 2.05) is 30.3 Å². The molecule has 3 aromatic rings. The number of rotatable bonds is 3. The van der Waals surface area contributed by atoms with Crippen molar-refractivity contribution in [2.75, 3.05) is 6.54 Å². The molecule has 0 radical (unpaired) electrons. The summed E-state index contributed by atoms with van der Waals surface area (Å²) >= 11 is 6.44. The van der Waals surface area contributed by atoms with Crippen LogP contribution in [-0.4, -0.2) is 35.2 Å². The third-order valence-electron chi connectivity index (χ3n) is 5.25. The molecule has 1 atom stereocenters. The zero-order valence-corrected chi connectivity index (χ0v) is 19.3. The van der Waals surface area contributed by atoms with Crippen molar-refractivity contribution in [2.45, 2.75) is 45.3 Å². The van der Waals surface area contributed by atoms with Crippen molar-refractivity contribution in [1.29, 1.82) is 0 Å². The Morgan fingerprint density at radius 1 is 1.12 bits per heavy atom. The highest BCUT2D eigenvalue weighted by molar-refractivity contribution is 6.33. The van der Waals surface area contributed by atoms with Gasteiger partial charge < -0.3 is 13.9 Å². The van der Waals surface area contributed by atoms with Gasteiger partial charge in [0.1, 0.15) is 17.2 Å². The molecule has 7 nitrogen and oxygen atoms in total. The van der Waals surface area contributed by atoms with E-state index in [1.165, 1.54) is 17.0 Å². The summed E-state index contributed by atoms with van der Waals surface area (Å²) in [5, 5.41) is 0.797. The quantitative estimate of drug-likeness (QED) is 0.289. The summed E-state index contributed by atoms with van der Waals surface area (Å²) in [6, 6.07) is 13.0. The minimum absolute atomic E-state index is 0.0542. The van der Waals surface area contributed by atoms with Gasteiger partial charge >= 0.3 is 17.7 Å². The molecule has 1 fully saturated rings. The standard InChI is InChI=1S/C25H24ClNO6/c1-25(2,3)33-24(30)27-11-7-10-19(27)23(29)32-21-14-20-17(12-18(21)26)16(13-22(28)31-20)15-8-5-4-6-9-15/h4-6,8-9,12-14,19H,7,10-11H2,1-3H3/t19-/m1/s1. The SMILES string of the molecule is CC(C)(C)OC(=O)N1CCC[C@@H]1C(=O)Oc1cc2oc(=O)cc(-c3ccccc3)c2cc1Cl. The van der Waals surface area contributed by atoms with Crippen LogP contribution in [0.25, 0.3) is 22.1 Å². The number of halogens is 1. The molecule has 1 saturated heterocycles. The number of carbonyl (C=O) groups excluding carboxylic acids is 2. The number of fused-ring (bicyclic) bond motifs is 1. The average Bonchev–Trinajstić information content (AvgIpc) is 3.24. The number of hydrogen-bond donors (Lipinski definition) is 0. The molecule has 0 saturated carbocycles. The Balaban J connectivity index is 1.63. The van der Waals surface area contributed by atoms with Gasteiger partial charge in [-0.25, -0.2) is 14.4 Å². The Morgan fingerprint density at radius 2 is 1.85 bits per heavy atom. The molecule has 0 unspecified atom stereocenters. The summed E-state index contributed by atoms with van der Waals surface area (Å²) in [6.07, 6.45) is 0.543. The molecule has 4 rings (SSSR count). The van der Waals surface area contributed by atoms with E-state index in [-0.39, 0.29) is 16.4 Å². The largest absolute Gasteiger partial charge is 0.444 e. The van der Waals surface area contributed by atoms with Crippen molar-refractivity contribution < 1.29 is 23.5 Å². The lowest BCUT2D eigenvalue weighted by Gasteiger charge is -2.27. The molecule has 0 bridgehead atoms. The first-order chi connectivity index (χ1) is 15.6. The molecular weight excluding hydrogens is 446 g/mol. The summed E-state index contributed by atoms with van der Waals surface area (Å²) in [4.78, 5) is 39.0. The number of nitrogens with zero attached hydrogens (tertiary/aromatic N) is 1. The van der Waals surface area contributed by atoms with Crippen LogP contribution in [0, 0.1) is 0 Å². The van der Waals surface area contributed by atoms with Gasteiger partial charge in [-0.15, -0.1) is 0 Å². The number of amides is 1. The summed E-state index contributed by atoms with van der Waals surface area (Å²) < 4.78 is 16.3. The van der Waals surface area contributed by atoms with Crippen molar-refractivity contribution in [3.05, 3.63) is 64.0 Å². The van der Waals surface area contributed by atoms with Crippen LogP contribution in [0.5, 0.6) is 5.75 Å². The Labute approximate surface area is 195 Å². The highest BCUT2D eigenvalue weighted by atomic mass is 35.5. The summed E-state index contributed by atoms with van der Waals surface area (Å²) in [5.41, 5.74) is 0.518. The number of carbonyl (C=O) groups is 2. The molecule has 0 N–H and O–H groups in total. The van der Waals surface area contributed by atoms with Gasteiger partial charge in [-0.1, -0.05) is 41.9 Å². The lowest BCUT2D eigenvalue weighted by molar-refractivity contribution is -0.139. The maximum atomic E-state index is 12.9. The Hall–Kier alpha value is -3.32. The highest BCUT2D eigenvalue weighted by Gasteiger charge is 2.38. The number of esters is 1. The van der Waals surface area contributed by atoms with Gasteiger partial charge in [0.25, 0.3) is 0 Å². The van der Waals surface area contributed by atoms with Gasteiger partial charge in [-0.05, 0) is 50.8 Å². The molecule has 2 aromatic carbocycles. The van der Waals surface area contributed by atoms with Crippen LogP contribution in [-0.2, 0) is 9.53 Å². The topological polar surface area (TPSA) is 86.1 Å². The van der Waals surface area contributed by atoms with Crippen molar-refractivity contribution in [3.63, 3.8) is 0 Å². The summed E-state index contributed by atoms with van der Waals surface area (Å²) in [6.45, 7) is 5.69. The van der Waals surface area contributed by atoms with E-state index in [2.05, 4.69) is 0 Å². The van der Waals surface area contributed by atoms with E-state index in [9.17, 15) is 14.4 Å². The van der Waals surface area contributed by atoms with E-state index in [0.717, 1.165) is 5.56 Å². The molecule has 172 valence electrons. The van der Waals surface area contributed by atoms with Crippen molar-refractivity contribution in [3.8, 4) is 16.9 Å². The van der Waals surface area contributed by atoms with Crippen LogP contribution in [0.4, 0.5) is 4.79 Å². The first kappa shape index (κ1) is 22.9. The van der Waals surface area contributed by atoms with Crippen molar-refractivity contribution in [1.82, 2.24) is 4.90 Å². The lowest BCUT2D eigenvalue weighted by atomic mass is 10.0. The molecule has 1 aromatic heterocycles. The molecule has 0 aliphatic carbocycles. The molecule has 1 aliphatic heterocycles. The predicted molar refractivity (Wildman–Crippen MR) is 125 cm³/mol. The van der Waals surface area contributed by atoms with E-state index in [0.29, 0.717) is 30.3 Å². The average molecular weight is 470 g/mol. The molecule has 2 heterocycles. The maximum Gasteiger partial charge on any atom is 0.411 e. The van der Waals surface area contributed by atoms with Crippen LogP contribution in [0.3, 0.4) is 0 Å². The number of likely N-dealkylation sites (tertiary alicyclic amines) is 1. The first-order valence-electron chi connectivity index (χ1n) is 10.7. The second-order valence-electron chi connectivity index (χ2n) is 8.88. The number of ether oxygens (including phenoxy) is 2. The van der Waals surface area contributed by atoms with Crippen LogP contribution in [0.1, 0.15) is 33.6 Å². The third-order valence-corrected chi connectivity index (χ3v) is 5.54. The zero-order valence-electron chi connectivity index (χ0n) is 18.6. The van der Waals surface area contributed by atoms with Crippen molar-refractivity contribution >= 4 is 34.6 Å². The fraction of sp³-hybridized carbons (Fsp3) is 0.320. The Bertz CT molecular complexity index is 1260. The predicted octanol–water partition coefficient (Wildman–Crippen LogP) is 5.42. The Kier molecular flexibility index (Phi) is 6.17. The van der Waals surface area contributed by atoms with Gasteiger partial charge in [0.15, 0.2) is 5.75 Å². The fourth-order valence-corrected chi connectivity index (χ4v) is 4.03. The van der Waals surface area contributed by atoms with Gasteiger partial charge in [0.2, 0.25) is 0 Å². The van der Waals surface area contributed by atoms with Crippen LogP contribution in [0.2, 0.25) is 5.02 Å². The normalized spacial score (nSPS) is 16.1. The van der Waals surface area contributed by atoms with E-state index < -0.39 is 29.3 Å². The molecule has 1 aliphatic rings. The molecule has 0 spiro atoms. The van der Waals surface area contributed by atoms with Crippen LogP contribution < -0.4 is 10.4 Å². The Morgan fingerprint density at radius 3 is 2.55 bits per heavy atom. The zero-order chi connectivity index (χ0) is 23.8. The van der Waals surface area contributed by atoms with Crippen LogP contribution >= 0.6 is 11.6 Å². The van der Waals surface area contributed by atoms with Gasteiger partial charge in [-0.3, -0.25) is 4.90 Å². The minimum Gasteiger partial charge on any atom is -0.444 e. The van der Waals surface area contributed by atoms with E-state index >= 15 is 0 Å². The number of hydrogen-bond acceptors (Lipinski definition) is 6. The summed E-state index contributed by atoms with van der Waals surface area (Å²) in [7, 11) is 0. The molecule has 33 heavy (non-hydrogen) atoms. The second kappa shape index (κ2) is 8.90. The monoisotopic (exact) mass is 469 g/mol. The highest BCUT2D eigenvalue weighted by Crippen LogP contribution is 2.35. The van der Waals surface area contributed by atoms with Gasteiger partial charge in [0.05, 0.1) is 5.02 Å². The smallest absolute Gasteiger partial charge is 0.411 e. The van der Waals surface area contributed by atoms with Gasteiger partial charge in [-0.2, -0.15) is 0 Å². The van der Waals surface area contributed by atoms with Crippen LogP contribution in [0.15, 0.2) is 57.7 Å². The lowest BCUT2D eigenvalue weighted by Crippen LogP contribution is -2.44. The van der Waals surface area contributed by atoms with E-state index in [1.54, 1.807) is 26.8 Å². The molecule has 1 amide bonds. The fourth-order valence-electron chi connectivity index (χ4n) is 3.83. The first-order valence-corrected chi connectivity index (χ1v) is 11.0. The minimum atomic E-state index is -0.783. The second-order valence-corrected chi connectivity index (χ2v) is 9.28.